The lowest BCUT2D eigenvalue weighted by Gasteiger charge is -2.28. The van der Waals surface area contributed by atoms with E-state index in [2.05, 4.69) is 10.00 Å². The van der Waals surface area contributed by atoms with Crippen LogP contribution in [0.2, 0.25) is 5.02 Å². The molecule has 0 spiro atoms. The van der Waals surface area contributed by atoms with Gasteiger partial charge in [0.1, 0.15) is 0 Å². The van der Waals surface area contributed by atoms with E-state index in [0.29, 0.717) is 25.4 Å². The van der Waals surface area contributed by atoms with Crippen molar-refractivity contribution in [1.82, 2.24) is 14.7 Å². The Hall–Kier alpha value is -2.25. The van der Waals surface area contributed by atoms with Crippen molar-refractivity contribution in [3.05, 3.63) is 40.2 Å². The first-order valence-electron chi connectivity index (χ1n) is 7.06. The van der Waals surface area contributed by atoms with Gasteiger partial charge in [-0.15, -0.1) is 0 Å². The highest BCUT2D eigenvalue weighted by Gasteiger charge is 2.22. The van der Waals surface area contributed by atoms with Crippen LogP contribution in [0.25, 0.3) is 0 Å². The number of phenols is 1. The summed E-state index contributed by atoms with van der Waals surface area (Å²) >= 11 is 6.19. The molecular weight excluding hydrogens is 322 g/mol. The van der Waals surface area contributed by atoms with E-state index in [1.807, 2.05) is 6.07 Å². The van der Waals surface area contributed by atoms with Crippen LogP contribution in [0.1, 0.15) is 21.7 Å². The molecule has 0 radical (unpaired) electrons. The predicted molar refractivity (Wildman–Crippen MR) is 83.0 cm³/mol. The Balaban J connectivity index is 1.77. The minimum Gasteiger partial charge on any atom is -0.503 e. The van der Waals surface area contributed by atoms with Gasteiger partial charge < -0.3 is 14.9 Å². The van der Waals surface area contributed by atoms with E-state index in [1.165, 1.54) is 7.11 Å². The molecule has 1 aromatic heterocycles. The summed E-state index contributed by atoms with van der Waals surface area (Å²) in [5, 5.41) is 23.3. The number of rotatable bonds is 4. The maximum atomic E-state index is 11.0. The Labute approximate surface area is 137 Å². The van der Waals surface area contributed by atoms with Gasteiger partial charge in [-0.05, 0) is 17.7 Å². The Morgan fingerprint density at radius 1 is 1.43 bits per heavy atom. The summed E-state index contributed by atoms with van der Waals surface area (Å²) in [7, 11) is 1.47. The molecule has 122 valence electrons. The van der Waals surface area contributed by atoms with Crippen molar-refractivity contribution in [1.29, 1.82) is 0 Å². The van der Waals surface area contributed by atoms with Crippen LogP contribution in [-0.4, -0.2) is 44.5 Å². The van der Waals surface area contributed by atoms with Gasteiger partial charge in [-0.25, -0.2) is 4.79 Å². The number of ether oxygens (including phenoxy) is 1. The van der Waals surface area contributed by atoms with Crippen LogP contribution in [-0.2, 0) is 19.6 Å². The molecule has 2 heterocycles. The molecule has 0 aliphatic carbocycles. The number of aromatic hydroxyl groups is 1. The Kier molecular flexibility index (Phi) is 4.14. The lowest BCUT2D eigenvalue weighted by Crippen LogP contribution is -2.33. The van der Waals surface area contributed by atoms with Gasteiger partial charge in [0.25, 0.3) is 0 Å². The van der Waals surface area contributed by atoms with Gasteiger partial charge in [-0.1, -0.05) is 17.7 Å². The van der Waals surface area contributed by atoms with Gasteiger partial charge in [0.2, 0.25) is 0 Å². The Morgan fingerprint density at radius 2 is 2.22 bits per heavy atom. The zero-order valence-corrected chi connectivity index (χ0v) is 13.2. The zero-order chi connectivity index (χ0) is 16.6. The molecule has 0 saturated heterocycles. The molecule has 0 saturated carbocycles. The summed E-state index contributed by atoms with van der Waals surface area (Å²) in [4.78, 5) is 13.1. The van der Waals surface area contributed by atoms with Crippen molar-refractivity contribution in [2.75, 3.05) is 13.7 Å². The van der Waals surface area contributed by atoms with E-state index in [4.69, 9.17) is 21.4 Å². The van der Waals surface area contributed by atoms with Crippen LogP contribution < -0.4 is 4.74 Å². The molecule has 0 unspecified atom stereocenters. The standard InChI is InChI=1S/C15H16ClN3O4/c1-23-12-3-2-9(13(16)14(12)20)7-18-4-5-19-10(8-18)6-11(17-19)15(21)22/h2-3,6,20H,4-5,7-8H2,1H3,(H,21,22). The zero-order valence-electron chi connectivity index (χ0n) is 12.5. The van der Waals surface area contributed by atoms with Crippen LogP contribution in [0.4, 0.5) is 0 Å². The third-order valence-electron chi connectivity index (χ3n) is 3.87. The third-order valence-corrected chi connectivity index (χ3v) is 4.29. The average Bonchev–Trinajstić information content (AvgIpc) is 2.96. The highest BCUT2D eigenvalue weighted by Crippen LogP contribution is 2.36. The summed E-state index contributed by atoms with van der Waals surface area (Å²) in [6.45, 7) is 2.45. The van der Waals surface area contributed by atoms with Crippen molar-refractivity contribution in [2.45, 2.75) is 19.6 Å². The molecule has 8 heteroatoms. The second-order valence-electron chi connectivity index (χ2n) is 5.35. The molecule has 23 heavy (non-hydrogen) atoms. The number of nitrogens with zero attached hydrogens (tertiary/aromatic N) is 3. The molecule has 1 aromatic carbocycles. The lowest BCUT2D eigenvalue weighted by molar-refractivity contribution is 0.0689. The van der Waals surface area contributed by atoms with E-state index in [1.54, 1.807) is 16.8 Å². The van der Waals surface area contributed by atoms with Crippen LogP contribution in [0.15, 0.2) is 18.2 Å². The molecule has 3 rings (SSSR count). The molecule has 0 bridgehead atoms. The van der Waals surface area contributed by atoms with Crippen molar-refractivity contribution < 1.29 is 19.7 Å². The molecule has 0 fully saturated rings. The van der Waals surface area contributed by atoms with Gasteiger partial charge in [-0.2, -0.15) is 5.10 Å². The highest BCUT2D eigenvalue weighted by atomic mass is 35.5. The quantitative estimate of drug-likeness (QED) is 0.886. The number of carbonyl (C=O) groups is 1. The van der Waals surface area contributed by atoms with Gasteiger partial charge in [0.15, 0.2) is 17.2 Å². The van der Waals surface area contributed by atoms with Crippen LogP contribution in [0, 0.1) is 0 Å². The molecular formula is C15H16ClN3O4. The molecule has 2 N–H and O–H groups in total. The normalized spacial score (nSPS) is 14.5. The number of hydrogen-bond donors (Lipinski definition) is 2. The molecule has 2 aromatic rings. The Bertz CT molecular complexity index is 759. The van der Waals surface area contributed by atoms with E-state index >= 15 is 0 Å². The number of aromatic nitrogens is 2. The number of benzene rings is 1. The van der Waals surface area contributed by atoms with Crippen LogP contribution in [0.3, 0.4) is 0 Å². The topological polar surface area (TPSA) is 87.8 Å². The molecule has 1 aliphatic rings. The second kappa shape index (κ2) is 6.10. The molecule has 0 amide bonds. The largest absolute Gasteiger partial charge is 0.503 e. The van der Waals surface area contributed by atoms with Crippen LogP contribution in [0.5, 0.6) is 11.5 Å². The fourth-order valence-corrected chi connectivity index (χ4v) is 2.89. The number of phenolic OH excluding ortho intramolecular Hbond substituents is 1. The van der Waals surface area contributed by atoms with Crippen molar-refractivity contribution >= 4 is 17.6 Å². The monoisotopic (exact) mass is 337 g/mol. The van der Waals surface area contributed by atoms with Crippen molar-refractivity contribution in [3.8, 4) is 11.5 Å². The average molecular weight is 338 g/mol. The number of carboxylic acid groups (broad SMARTS) is 1. The first-order valence-corrected chi connectivity index (χ1v) is 7.44. The predicted octanol–water partition coefficient (Wildman–Crippen LogP) is 1.96. The maximum absolute atomic E-state index is 11.0. The molecule has 0 atom stereocenters. The van der Waals surface area contributed by atoms with Gasteiger partial charge in [-0.3, -0.25) is 9.58 Å². The number of aromatic carboxylic acids is 1. The summed E-state index contributed by atoms with van der Waals surface area (Å²) in [6, 6.07) is 5.07. The van der Waals surface area contributed by atoms with Crippen molar-refractivity contribution in [2.24, 2.45) is 0 Å². The first-order chi connectivity index (χ1) is 11.0. The minimum absolute atomic E-state index is 0.0574. The number of methoxy groups -OCH3 is 1. The summed E-state index contributed by atoms with van der Waals surface area (Å²) < 4.78 is 6.74. The van der Waals surface area contributed by atoms with Crippen molar-refractivity contribution in [3.63, 3.8) is 0 Å². The van der Waals surface area contributed by atoms with Gasteiger partial charge in [0.05, 0.1) is 24.4 Å². The third kappa shape index (κ3) is 2.97. The van der Waals surface area contributed by atoms with E-state index in [9.17, 15) is 9.90 Å². The molecule has 1 aliphatic heterocycles. The lowest BCUT2D eigenvalue weighted by atomic mass is 10.1. The SMILES string of the molecule is COc1ccc(CN2CCn3nc(C(=O)O)cc3C2)c(Cl)c1O. The fourth-order valence-electron chi connectivity index (χ4n) is 2.68. The summed E-state index contributed by atoms with van der Waals surface area (Å²) in [5.41, 5.74) is 1.70. The first kappa shape index (κ1) is 15.6. The van der Waals surface area contributed by atoms with Crippen LogP contribution >= 0.6 is 11.6 Å². The number of hydrogen-bond acceptors (Lipinski definition) is 5. The van der Waals surface area contributed by atoms with Gasteiger partial charge in [0, 0.05) is 19.6 Å². The minimum atomic E-state index is -1.03. The highest BCUT2D eigenvalue weighted by molar-refractivity contribution is 6.33. The number of fused-ring (bicyclic) bond motifs is 1. The second-order valence-corrected chi connectivity index (χ2v) is 5.73. The Morgan fingerprint density at radius 3 is 2.91 bits per heavy atom. The van der Waals surface area contributed by atoms with E-state index in [-0.39, 0.29) is 16.5 Å². The fraction of sp³-hybridized carbons (Fsp3) is 0.333. The van der Waals surface area contributed by atoms with E-state index < -0.39 is 5.97 Å². The molecule has 7 nitrogen and oxygen atoms in total. The smallest absolute Gasteiger partial charge is 0.356 e. The summed E-state index contributed by atoms with van der Waals surface area (Å²) in [5.74, 6) is -0.759. The number of carboxylic acids is 1. The number of halogens is 1. The maximum Gasteiger partial charge on any atom is 0.356 e. The summed E-state index contributed by atoms with van der Waals surface area (Å²) in [6.07, 6.45) is 0. The van der Waals surface area contributed by atoms with E-state index in [0.717, 1.165) is 17.8 Å². The van der Waals surface area contributed by atoms with Gasteiger partial charge >= 0.3 is 5.97 Å².